The van der Waals surface area contributed by atoms with Crippen LogP contribution in [0.15, 0.2) is 47.4 Å². The topological polar surface area (TPSA) is 78.9 Å². The first-order chi connectivity index (χ1) is 12.4. The van der Waals surface area contributed by atoms with Crippen molar-refractivity contribution in [3.05, 3.63) is 53.1 Å². The Morgan fingerprint density at radius 3 is 2.35 bits per heavy atom. The lowest BCUT2D eigenvalue weighted by atomic mass is 10.2. The highest BCUT2D eigenvalue weighted by atomic mass is 35.5. The van der Waals surface area contributed by atoms with Crippen LogP contribution in [-0.2, 0) is 26.0 Å². The third-order valence-electron chi connectivity index (χ3n) is 3.62. The molecule has 2 rings (SSSR count). The van der Waals surface area contributed by atoms with Gasteiger partial charge in [0.25, 0.3) is 0 Å². The Morgan fingerprint density at radius 2 is 1.73 bits per heavy atom. The lowest BCUT2D eigenvalue weighted by Gasteiger charge is -2.11. The van der Waals surface area contributed by atoms with Gasteiger partial charge < -0.3 is 14.2 Å². The lowest BCUT2D eigenvalue weighted by Crippen LogP contribution is -2.13. The molecule has 0 saturated carbocycles. The molecule has 0 aliphatic carbocycles. The van der Waals surface area contributed by atoms with E-state index in [0.29, 0.717) is 22.1 Å². The number of halogens is 1. The van der Waals surface area contributed by atoms with E-state index < -0.39 is 15.8 Å². The third kappa shape index (κ3) is 5.37. The molecule has 6 nitrogen and oxygen atoms in total. The highest BCUT2D eigenvalue weighted by Crippen LogP contribution is 2.24. The fourth-order valence-corrected chi connectivity index (χ4v) is 3.55. The molecule has 0 fully saturated rings. The first kappa shape index (κ1) is 20.1. The molecule has 0 amide bonds. The number of rotatable bonds is 8. The molecule has 0 bridgehead atoms. The van der Waals surface area contributed by atoms with E-state index >= 15 is 0 Å². The predicted molar refractivity (Wildman–Crippen MR) is 97.5 cm³/mol. The zero-order valence-electron chi connectivity index (χ0n) is 14.4. The van der Waals surface area contributed by atoms with Gasteiger partial charge in [-0.15, -0.1) is 0 Å². The Labute approximate surface area is 157 Å². The van der Waals surface area contributed by atoms with Gasteiger partial charge in [0, 0.05) is 10.6 Å². The quantitative estimate of drug-likeness (QED) is 0.635. The third-order valence-corrected chi connectivity index (χ3v) is 5.61. The molecule has 8 heteroatoms. The van der Waals surface area contributed by atoms with Gasteiger partial charge >= 0.3 is 5.97 Å². The second kappa shape index (κ2) is 8.91. The zero-order valence-corrected chi connectivity index (χ0v) is 16.0. The van der Waals surface area contributed by atoms with Crippen LogP contribution < -0.4 is 9.47 Å². The fraction of sp³-hybridized carbons (Fsp3) is 0.278. The maximum Gasteiger partial charge on any atom is 0.307 e. The number of hydrogen-bond acceptors (Lipinski definition) is 6. The van der Waals surface area contributed by atoms with Gasteiger partial charge in [0.15, 0.2) is 9.84 Å². The largest absolute Gasteiger partial charge is 0.497 e. The number of esters is 1. The molecule has 0 heterocycles. The summed E-state index contributed by atoms with van der Waals surface area (Å²) in [4.78, 5) is 12.0. The maximum absolute atomic E-state index is 12.2. The predicted octanol–water partition coefficient (Wildman–Crippen LogP) is 3.26. The number of hydrogen-bond donors (Lipinski definition) is 0. The summed E-state index contributed by atoms with van der Waals surface area (Å²) < 4.78 is 39.9. The van der Waals surface area contributed by atoms with Crippen LogP contribution in [0.3, 0.4) is 0 Å². The molecular formula is C18H19ClO6S. The van der Waals surface area contributed by atoms with Crippen molar-refractivity contribution in [3.63, 3.8) is 0 Å². The van der Waals surface area contributed by atoms with Crippen molar-refractivity contribution < 1.29 is 27.4 Å². The summed E-state index contributed by atoms with van der Waals surface area (Å²) >= 11 is 5.75. The molecule has 0 N–H and O–H groups in total. The zero-order chi connectivity index (χ0) is 19.2. The summed E-state index contributed by atoms with van der Waals surface area (Å²) in [6.07, 6.45) is -0.253. The Balaban J connectivity index is 1.94. The van der Waals surface area contributed by atoms with Gasteiger partial charge in [0.2, 0.25) is 0 Å². The van der Waals surface area contributed by atoms with Crippen LogP contribution in [0, 0.1) is 0 Å². The molecule has 2 aromatic carbocycles. The lowest BCUT2D eigenvalue weighted by molar-refractivity contribution is -0.144. The van der Waals surface area contributed by atoms with Gasteiger partial charge in [0.1, 0.15) is 18.1 Å². The van der Waals surface area contributed by atoms with Crippen LogP contribution in [0.1, 0.15) is 12.0 Å². The van der Waals surface area contributed by atoms with Crippen molar-refractivity contribution in [1.82, 2.24) is 0 Å². The normalized spacial score (nSPS) is 11.0. The molecule has 0 aliphatic rings. The van der Waals surface area contributed by atoms with Crippen LogP contribution in [-0.4, -0.2) is 34.4 Å². The van der Waals surface area contributed by atoms with Gasteiger partial charge in [-0.05, 0) is 42.5 Å². The van der Waals surface area contributed by atoms with Gasteiger partial charge in [-0.25, -0.2) is 8.42 Å². The average Bonchev–Trinajstić information content (AvgIpc) is 2.64. The Morgan fingerprint density at radius 1 is 1.04 bits per heavy atom. The molecule has 0 saturated heterocycles. The number of carbonyl (C=O) groups is 1. The molecule has 2 aromatic rings. The van der Waals surface area contributed by atoms with Crippen molar-refractivity contribution in [3.8, 4) is 11.5 Å². The average molecular weight is 399 g/mol. The van der Waals surface area contributed by atoms with E-state index in [1.54, 1.807) is 18.2 Å². The number of ether oxygens (including phenoxy) is 3. The summed E-state index contributed by atoms with van der Waals surface area (Å²) in [6.45, 7) is -0.0415. The molecule has 26 heavy (non-hydrogen) atoms. The first-order valence-electron chi connectivity index (χ1n) is 7.70. The summed E-state index contributed by atoms with van der Waals surface area (Å²) in [6, 6.07) is 10.9. The van der Waals surface area contributed by atoms with Crippen molar-refractivity contribution in [2.75, 3.05) is 20.0 Å². The number of sulfone groups is 1. The minimum atomic E-state index is -3.58. The van der Waals surface area contributed by atoms with Crippen molar-refractivity contribution in [2.24, 2.45) is 0 Å². The Kier molecular flexibility index (Phi) is 6.88. The molecule has 140 valence electrons. The Hall–Kier alpha value is -2.25. The van der Waals surface area contributed by atoms with Crippen molar-refractivity contribution in [1.29, 1.82) is 0 Å². The van der Waals surface area contributed by atoms with Crippen LogP contribution >= 0.6 is 11.6 Å². The summed E-state index contributed by atoms with van der Waals surface area (Å²) in [5.41, 5.74) is 0.626. The minimum absolute atomic E-state index is 0.0415. The Bertz CT molecular complexity index is 862. The number of benzene rings is 2. The van der Waals surface area contributed by atoms with Crippen molar-refractivity contribution in [2.45, 2.75) is 17.9 Å². The van der Waals surface area contributed by atoms with E-state index in [1.807, 2.05) is 0 Å². The highest BCUT2D eigenvalue weighted by molar-refractivity contribution is 7.91. The van der Waals surface area contributed by atoms with Crippen LogP contribution in [0.4, 0.5) is 0 Å². The van der Waals surface area contributed by atoms with Crippen LogP contribution in [0.25, 0.3) is 0 Å². The van der Waals surface area contributed by atoms with Gasteiger partial charge in [-0.3, -0.25) is 4.79 Å². The molecule has 0 aromatic heterocycles. The van der Waals surface area contributed by atoms with E-state index in [4.69, 9.17) is 25.8 Å². The molecule has 0 radical (unpaired) electrons. The van der Waals surface area contributed by atoms with Gasteiger partial charge in [-0.2, -0.15) is 0 Å². The van der Waals surface area contributed by atoms with Gasteiger partial charge in [-0.1, -0.05) is 11.6 Å². The SMILES string of the molecule is COc1ccc(OC)c(COC(=O)CCS(=O)(=O)c2ccc(Cl)cc2)c1. The van der Waals surface area contributed by atoms with Crippen molar-refractivity contribution >= 4 is 27.4 Å². The molecule has 0 atom stereocenters. The fourth-order valence-electron chi connectivity index (χ4n) is 2.20. The second-order valence-corrected chi connectivity index (χ2v) is 7.91. The van der Waals surface area contributed by atoms with E-state index in [1.165, 1.54) is 38.5 Å². The second-order valence-electron chi connectivity index (χ2n) is 5.36. The molecular weight excluding hydrogens is 380 g/mol. The number of carbonyl (C=O) groups excluding carboxylic acids is 1. The smallest absolute Gasteiger partial charge is 0.307 e. The van der Waals surface area contributed by atoms with E-state index in [2.05, 4.69) is 0 Å². The standard InChI is InChI=1S/C18H19ClO6S/c1-23-15-5-8-17(24-2)13(11-15)12-25-18(20)9-10-26(21,22)16-6-3-14(19)4-7-16/h3-8,11H,9-10,12H2,1-2H3. The summed E-state index contributed by atoms with van der Waals surface area (Å²) in [5.74, 6) is 0.185. The highest BCUT2D eigenvalue weighted by Gasteiger charge is 2.17. The van der Waals surface area contributed by atoms with Crippen LogP contribution in [0.2, 0.25) is 5.02 Å². The first-order valence-corrected chi connectivity index (χ1v) is 9.73. The number of methoxy groups -OCH3 is 2. The van der Waals surface area contributed by atoms with Gasteiger partial charge in [0.05, 0.1) is 31.3 Å². The molecule has 0 spiro atoms. The van der Waals surface area contributed by atoms with E-state index in [-0.39, 0.29) is 23.7 Å². The van der Waals surface area contributed by atoms with E-state index in [0.717, 1.165) is 0 Å². The minimum Gasteiger partial charge on any atom is -0.497 e. The summed E-state index contributed by atoms with van der Waals surface area (Å²) in [7, 11) is -0.550. The summed E-state index contributed by atoms with van der Waals surface area (Å²) in [5, 5.41) is 0.440. The van der Waals surface area contributed by atoms with Crippen LogP contribution in [0.5, 0.6) is 11.5 Å². The molecule has 0 unspecified atom stereocenters. The maximum atomic E-state index is 12.2. The monoisotopic (exact) mass is 398 g/mol. The van der Waals surface area contributed by atoms with E-state index in [9.17, 15) is 13.2 Å². The molecule has 0 aliphatic heterocycles.